The third-order valence-electron chi connectivity index (χ3n) is 2.06. The van der Waals surface area contributed by atoms with E-state index in [9.17, 15) is 0 Å². The van der Waals surface area contributed by atoms with Gasteiger partial charge in [0.2, 0.25) is 0 Å². The molecule has 7 N–H and O–H groups in total. The normalized spacial score (nSPS) is 11.1. The number of nitrogens with two attached hydrogens (primary N) is 3. The number of carbonyl (C=O) groups is 1. The Morgan fingerprint density at radius 3 is 2.38 bits per heavy atom. The quantitative estimate of drug-likeness (QED) is 0.578. The van der Waals surface area contributed by atoms with E-state index in [4.69, 9.17) is 21.4 Å². The Labute approximate surface area is 95.2 Å². The van der Waals surface area contributed by atoms with Crippen molar-refractivity contribution in [3.05, 3.63) is 29.8 Å². The van der Waals surface area contributed by atoms with Crippen molar-refractivity contribution in [1.82, 2.24) is 0 Å². The van der Waals surface area contributed by atoms with Gasteiger partial charge in [0.15, 0.2) is 0 Å². The van der Waals surface area contributed by atoms with E-state index in [1.165, 1.54) is 0 Å². The molecule has 1 aromatic rings. The Kier molecular flexibility index (Phi) is 6.71. The van der Waals surface area contributed by atoms with Crippen molar-refractivity contribution in [3.63, 3.8) is 0 Å². The van der Waals surface area contributed by atoms with Gasteiger partial charge in [0, 0.05) is 11.7 Å². The van der Waals surface area contributed by atoms with Crippen LogP contribution in [0.4, 0.5) is 10.5 Å². The Bertz CT molecular complexity index is 325. The van der Waals surface area contributed by atoms with Gasteiger partial charge in [-0.15, -0.1) is 0 Å². The molecular formula is C11H19N3O2. The van der Waals surface area contributed by atoms with Crippen LogP contribution >= 0.6 is 0 Å². The second kappa shape index (κ2) is 7.53. The number of amides is 1. The number of primary amides is 1. The molecule has 0 radical (unpaired) electrons. The molecule has 5 nitrogen and oxygen atoms in total. The highest BCUT2D eigenvalue weighted by Crippen LogP contribution is 2.12. The first-order valence-corrected chi connectivity index (χ1v) is 5.04. The first-order chi connectivity index (χ1) is 7.47. The zero-order valence-corrected chi connectivity index (χ0v) is 9.39. The molecule has 0 heterocycles. The van der Waals surface area contributed by atoms with Gasteiger partial charge in [-0.25, -0.2) is 4.79 Å². The number of rotatable bonds is 3. The summed E-state index contributed by atoms with van der Waals surface area (Å²) in [5, 5.41) is 7.19. The molecule has 1 atom stereocenters. The van der Waals surface area contributed by atoms with Crippen LogP contribution in [-0.2, 0) is 6.42 Å². The van der Waals surface area contributed by atoms with E-state index in [0.29, 0.717) is 0 Å². The summed E-state index contributed by atoms with van der Waals surface area (Å²) in [7, 11) is 0. The third kappa shape index (κ3) is 6.67. The summed E-state index contributed by atoms with van der Waals surface area (Å²) in [6.45, 7) is 2.09. The average Bonchev–Trinajstić information content (AvgIpc) is 2.20. The predicted octanol–water partition coefficient (Wildman–Crippen LogP) is 1.17. The third-order valence-corrected chi connectivity index (χ3v) is 2.06. The lowest BCUT2D eigenvalue weighted by molar-refractivity contribution is 0.205. The van der Waals surface area contributed by atoms with Crippen LogP contribution in [0.25, 0.3) is 0 Å². The number of anilines is 1. The van der Waals surface area contributed by atoms with Gasteiger partial charge in [-0.2, -0.15) is 0 Å². The van der Waals surface area contributed by atoms with E-state index in [1.807, 2.05) is 24.3 Å². The molecule has 16 heavy (non-hydrogen) atoms. The summed E-state index contributed by atoms with van der Waals surface area (Å²) in [5.41, 5.74) is 17.6. The number of carboxylic acid groups (broad SMARTS) is 1. The van der Waals surface area contributed by atoms with Crippen LogP contribution in [0.3, 0.4) is 0 Å². The van der Waals surface area contributed by atoms with Crippen molar-refractivity contribution in [3.8, 4) is 0 Å². The summed E-state index contributed by atoms with van der Waals surface area (Å²) in [4.78, 5) is 8.78. The minimum absolute atomic E-state index is 0.231. The van der Waals surface area contributed by atoms with Gasteiger partial charge in [-0.3, -0.25) is 0 Å². The molecule has 0 aliphatic carbocycles. The first-order valence-electron chi connectivity index (χ1n) is 5.04. The summed E-state index contributed by atoms with van der Waals surface area (Å²) in [6.07, 6.45) is 0.539. The van der Waals surface area contributed by atoms with Gasteiger partial charge in [-0.05, 0) is 24.5 Å². The Balaban J connectivity index is 0.000000487. The van der Waals surface area contributed by atoms with E-state index in [1.54, 1.807) is 0 Å². The molecule has 0 aromatic heterocycles. The van der Waals surface area contributed by atoms with E-state index in [-0.39, 0.29) is 6.04 Å². The van der Waals surface area contributed by atoms with Crippen molar-refractivity contribution in [2.45, 2.75) is 25.8 Å². The molecule has 90 valence electrons. The monoisotopic (exact) mass is 225 g/mol. The Morgan fingerprint density at radius 2 is 1.94 bits per heavy atom. The Morgan fingerprint density at radius 1 is 1.44 bits per heavy atom. The zero-order valence-electron chi connectivity index (χ0n) is 9.39. The fourth-order valence-corrected chi connectivity index (χ4v) is 1.15. The van der Waals surface area contributed by atoms with Crippen molar-refractivity contribution in [2.24, 2.45) is 11.5 Å². The maximum absolute atomic E-state index is 8.78. The highest BCUT2D eigenvalue weighted by molar-refractivity contribution is 5.61. The van der Waals surface area contributed by atoms with Gasteiger partial charge >= 0.3 is 6.09 Å². The number of benzene rings is 1. The summed E-state index contributed by atoms with van der Waals surface area (Å²) < 4.78 is 0. The Hall–Kier alpha value is -1.75. The number of para-hydroxylation sites is 1. The lowest BCUT2D eigenvalue weighted by Gasteiger charge is -2.10. The van der Waals surface area contributed by atoms with Crippen LogP contribution in [0.5, 0.6) is 0 Å². The zero-order chi connectivity index (χ0) is 12.6. The van der Waals surface area contributed by atoms with Gasteiger partial charge in [-0.1, -0.05) is 25.1 Å². The second-order valence-corrected chi connectivity index (χ2v) is 3.41. The molecule has 0 aliphatic rings. The smallest absolute Gasteiger partial charge is 0.402 e. The SMILES string of the molecule is CCC(N)Cc1ccccc1N.NC(=O)O. The van der Waals surface area contributed by atoms with Gasteiger partial charge in [0.05, 0.1) is 0 Å². The average molecular weight is 225 g/mol. The molecule has 0 saturated carbocycles. The van der Waals surface area contributed by atoms with E-state index >= 15 is 0 Å². The first kappa shape index (κ1) is 14.2. The van der Waals surface area contributed by atoms with E-state index in [0.717, 1.165) is 24.1 Å². The highest BCUT2D eigenvalue weighted by atomic mass is 16.4. The minimum atomic E-state index is -1.33. The number of nitrogen functional groups attached to an aromatic ring is 1. The molecule has 1 aromatic carbocycles. The maximum atomic E-state index is 8.78. The van der Waals surface area contributed by atoms with Crippen LogP contribution in [0.2, 0.25) is 0 Å². The molecule has 1 rings (SSSR count). The molecule has 0 fully saturated rings. The lowest BCUT2D eigenvalue weighted by Crippen LogP contribution is -2.21. The van der Waals surface area contributed by atoms with E-state index in [2.05, 4.69) is 12.7 Å². The van der Waals surface area contributed by atoms with Gasteiger partial charge in [0.1, 0.15) is 0 Å². The fourth-order valence-electron chi connectivity index (χ4n) is 1.15. The van der Waals surface area contributed by atoms with Crippen molar-refractivity contribution < 1.29 is 9.90 Å². The van der Waals surface area contributed by atoms with Crippen LogP contribution < -0.4 is 17.2 Å². The van der Waals surface area contributed by atoms with Crippen LogP contribution in [0.1, 0.15) is 18.9 Å². The van der Waals surface area contributed by atoms with Crippen LogP contribution in [0.15, 0.2) is 24.3 Å². The molecule has 1 amide bonds. The summed E-state index contributed by atoms with van der Waals surface area (Å²) in [5.74, 6) is 0. The van der Waals surface area contributed by atoms with Crippen molar-refractivity contribution in [1.29, 1.82) is 0 Å². The van der Waals surface area contributed by atoms with Crippen LogP contribution in [-0.4, -0.2) is 17.2 Å². The molecule has 0 aliphatic heterocycles. The molecule has 5 heteroatoms. The van der Waals surface area contributed by atoms with E-state index < -0.39 is 6.09 Å². The van der Waals surface area contributed by atoms with Crippen molar-refractivity contribution >= 4 is 11.8 Å². The number of hydrogen-bond donors (Lipinski definition) is 4. The van der Waals surface area contributed by atoms with Gasteiger partial charge < -0.3 is 22.3 Å². The molecule has 0 saturated heterocycles. The summed E-state index contributed by atoms with van der Waals surface area (Å²) >= 11 is 0. The molecule has 1 unspecified atom stereocenters. The minimum Gasteiger partial charge on any atom is -0.465 e. The largest absolute Gasteiger partial charge is 0.465 e. The summed E-state index contributed by atoms with van der Waals surface area (Å²) in [6, 6.07) is 8.11. The fraction of sp³-hybridized carbons (Fsp3) is 0.364. The molecule has 0 bridgehead atoms. The predicted molar refractivity (Wildman–Crippen MR) is 65.0 cm³/mol. The lowest BCUT2D eigenvalue weighted by atomic mass is 10.0. The maximum Gasteiger partial charge on any atom is 0.402 e. The molecule has 0 spiro atoms. The highest BCUT2D eigenvalue weighted by Gasteiger charge is 2.02. The van der Waals surface area contributed by atoms with Gasteiger partial charge in [0.25, 0.3) is 0 Å². The van der Waals surface area contributed by atoms with Crippen molar-refractivity contribution in [2.75, 3.05) is 5.73 Å². The topological polar surface area (TPSA) is 115 Å². The van der Waals surface area contributed by atoms with Crippen LogP contribution in [0, 0.1) is 0 Å². The number of hydrogen-bond acceptors (Lipinski definition) is 3. The molecular weight excluding hydrogens is 206 g/mol. The standard InChI is InChI=1S/C10H16N2.CH3NO2/c1-2-9(11)7-8-5-3-4-6-10(8)12;2-1(3)4/h3-6,9H,2,7,11-12H2,1H3;2H2,(H,3,4). The second-order valence-electron chi connectivity index (χ2n) is 3.41.